The molecule has 0 unspecified atom stereocenters. The molecule has 4 aromatic rings. The van der Waals surface area contributed by atoms with Gasteiger partial charge in [-0.15, -0.1) is 10.2 Å². The summed E-state index contributed by atoms with van der Waals surface area (Å²) in [4.78, 5) is 17.4. The summed E-state index contributed by atoms with van der Waals surface area (Å²) in [5.41, 5.74) is 2.08. The molecule has 0 spiro atoms. The first-order valence-corrected chi connectivity index (χ1v) is 10.2. The van der Waals surface area contributed by atoms with Gasteiger partial charge < -0.3 is 9.73 Å². The third-order valence-electron chi connectivity index (χ3n) is 4.63. The normalized spacial score (nSPS) is 11.3. The summed E-state index contributed by atoms with van der Waals surface area (Å²) in [7, 11) is 0. The van der Waals surface area contributed by atoms with E-state index in [4.69, 9.17) is 16.0 Å². The smallest absolute Gasteiger partial charge is 0.270 e. The zero-order valence-corrected chi connectivity index (χ0v) is 17.9. The van der Waals surface area contributed by atoms with Crippen LogP contribution in [-0.4, -0.2) is 26.6 Å². The first-order chi connectivity index (χ1) is 14.9. The highest BCUT2D eigenvalue weighted by Crippen LogP contribution is 2.22. The zero-order chi connectivity index (χ0) is 21.8. The summed E-state index contributed by atoms with van der Waals surface area (Å²) in [6, 6.07) is 22.2. The molecule has 0 aliphatic carbocycles. The van der Waals surface area contributed by atoms with Crippen LogP contribution in [0.5, 0.6) is 0 Å². The number of nitrogens with zero attached hydrogens (tertiary/aromatic N) is 3. The second-order valence-electron chi connectivity index (χ2n) is 7.80. The zero-order valence-electron chi connectivity index (χ0n) is 17.2. The molecule has 0 bridgehead atoms. The van der Waals surface area contributed by atoms with E-state index < -0.39 is 5.54 Å². The van der Waals surface area contributed by atoms with E-state index in [9.17, 15) is 4.79 Å². The summed E-state index contributed by atoms with van der Waals surface area (Å²) in [5.74, 6) is 0.620. The number of amides is 1. The third kappa shape index (κ3) is 5.16. The Hall–Kier alpha value is -3.51. The molecule has 2 heterocycles. The molecule has 1 amide bonds. The minimum Gasteiger partial charge on any atom is -0.421 e. The van der Waals surface area contributed by atoms with Gasteiger partial charge in [0, 0.05) is 28.1 Å². The van der Waals surface area contributed by atoms with Crippen molar-refractivity contribution in [1.82, 2.24) is 20.5 Å². The van der Waals surface area contributed by atoms with Crippen molar-refractivity contribution in [2.24, 2.45) is 0 Å². The summed E-state index contributed by atoms with van der Waals surface area (Å²) in [5, 5.41) is 11.9. The lowest BCUT2D eigenvalue weighted by Gasteiger charge is -2.24. The molecule has 2 aromatic carbocycles. The van der Waals surface area contributed by atoms with E-state index >= 15 is 0 Å². The molecule has 1 N–H and O–H groups in total. The maximum absolute atomic E-state index is 12.9. The summed E-state index contributed by atoms with van der Waals surface area (Å²) >= 11 is 6.08. The van der Waals surface area contributed by atoms with Gasteiger partial charge in [0.2, 0.25) is 11.8 Å². The molecule has 0 atom stereocenters. The first kappa shape index (κ1) is 20.8. The Morgan fingerprint density at radius 1 is 0.968 bits per heavy atom. The standard InChI is InChI=1S/C24H21ClN4O2/c1-24(2,15-21-28-29-23(31-21)16-8-4-3-5-9-16)27-22(30)20-13-7-12-19(26-20)17-10-6-11-18(25)14-17/h3-14H,15H2,1-2H3,(H,27,30). The average molecular weight is 433 g/mol. The van der Waals surface area contributed by atoms with E-state index in [0.29, 0.717) is 34.6 Å². The van der Waals surface area contributed by atoms with Crippen molar-refractivity contribution in [3.8, 4) is 22.7 Å². The van der Waals surface area contributed by atoms with Crippen LogP contribution in [0, 0.1) is 0 Å². The number of carbonyl (C=O) groups is 1. The van der Waals surface area contributed by atoms with Crippen molar-refractivity contribution < 1.29 is 9.21 Å². The minimum atomic E-state index is -0.620. The van der Waals surface area contributed by atoms with Gasteiger partial charge in [0.15, 0.2) is 0 Å². The quantitative estimate of drug-likeness (QED) is 0.452. The van der Waals surface area contributed by atoms with E-state index in [1.807, 2.05) is 68.4 Å². The van der Waals surface area contributed by atoms with Gasteiger partial charge >= 0.3 is 0 Å². The molecule has 0 saturated carbocycles. The maximum atomic E-state index is 12.9. The van der Waals surface area contributed by atoms with Crippen molar-refractivity contribution in [2.45, 2.75) is 25.8 Å². The summed E-state index contributed by atoms with van der Waals surface area (Å²) < 4.78 is 5.78. The van der Waals surface area contributed by atoms with Gasteiger partial charge in [-0.25, -0.2) is 4.98 Å². The Morgan fingerprint density at radius 2 is 1.71 bits per heavy atom. The molecule has 0 fully saturated rings. The van der Waals surface area contributed by atoms with E-state index in [2.05, 4.69) is 20.5 Å². The molecule has 6 nitrogen and oxygen atoms in total. The molecule has 4 rings (SSSR count). The molecule has 0 aliphatic heterocycles. The molecule has 2 aromatic heterocycles. The number of halogens is 1. The highest BCUT2D eigenvalue weighted by atomic mass is 35.5. The number of rotatable bonds is 6. The van der Waals surface area contributed by atoms with Gasteiger partial charge in [0.25, 0.3) is 5.91 Å². The lowest BCUT2D eigenvalue weighted by molar-refractivity contribution is 0.0905. The number of hydrogen-bond acceptors (Lipinski definition) is 5. The maximum Gasteiger partial charge on any atom is 0.270 e. The van der Waals surface area contributed by atoms with E-state index in [1.54, 1.807) is 18.2 Å². The van der Waals surface area contributed by atoms with Crippen LogP contribution in [0.2, 0.25) is 5.02 Å². The molecule has 7 heteroatoms. The van der Waals surface area contributed by atoms with Gasteiger partial charge in [-0.1, -0.05) is 48.0 Å². The first-order valence-electron chi connectivity index (χ1n) is 9.83. The van der Waals surface area contributed by atoms with E-state index in [1.165, 1.54) is 0 Å². The van der Waals surface area contributed by atoms with Gasteiger partial charge in [-0.3, -0.25) is 4.79 Å². The van der Waals surface area contributed by atoms with Gasteiger partial charge in [-0.2, -0.15) is 0 Å². The molecule has 0 saturated heterocycles. The van der Waals surface area contributed by atoms with Crippen LogP contribution in [0.15, 0.2) is 77.2 Å². The lowest BCUT2D eigenvalue weighted by atomic mass is 10.0. The minimum absolute atomic E-state index is 0.281. The van der Waals surface area contributed by atoms with Crippen molar-refractivity contribution >= 4 is 17.5 Å². The van der Waals surface area contributed by atoms with Crippen LogP contribution in [0.4, 0.5) is 0 Å². The van der Waals surface area contributed by atoms with Crippen LogP contribution in [0.1, 0.15) is 30.2 Å². The Morgan fingerprint density at radius 3 is 2.48 bits per heavy atom. The van der Waals surface area contributed by atoms with Crippen LogP contribution < -0.4 is 5.32 Å². The topological polar surface area (TPSA) is 80.9 Å². The van der Waals surface area contributed by atoms with Crippen molar-refractivity contribution in [2.75, 3.05) is 0 Å². The Kier molecular flexibility index (Phi) is 5.82. The van der Waals surface area contributed by atoms with Crippen molar-refractivity contribution in [1.29, 1.82) is 0 Å². The van der Waals surface area contributed by atoms with Crippen molar-refractivity contribution in [3.63, 3.8) is 0 Å². The van der Waals surface area contributed by atoms with Crippen LogP contribution in [0.3, 0.4) is 0 Å². The average Bonchev–Trinajstić information content (AvgIpc) is 3.22. The summed E-state index contributed by atoms with van der Waals surface area (Å²) in [6.45, 7) is 3.80. The fraction of sp³-hybridized carbons (Fsp3) is 0.167. The fourth-order valence-electron chi connectivity index (χ4n) is 3.19. The molecule has 156 valence electrons. The van der Waals surface area contributed by atoms with E-state index in [-0.39, 0.29) is 5.91 Å². The third-order valence-corrected chi connectivity index (χ3v) is 4.87. The van der Waals surface area contributed by atoms with Crippen LogP contribution in [-0.2, 0) is 6.42 Å². The summed E-state index contributed by atoms with van der Waals surface area (Å²) in [6.07, 6.45) is 0.382. The Labute approximate surface area is 185 Å². The molecule has 31 heavy (non-hydrogen) atoms. The number of hydrogen-bond donors (Lipinski definition) is 1. The molecule has 0 radical (unpaired) electrons. The number of pyridine rings is 1. The van der Waals surface area contributed by atoms with Crippen molar-refractivity contribution in [3.05, 3.63) is 89.4 Å². The monoisotopic (exact) mass is 432 g/mol. The molecular formula is C24H21ClN4O2. The fourth-order valence-corrected chi connectivity index (χ4v) is 3.38. The van der Waals surface area contributed by atoms with Gasteiger partial charge in [-0.05, 0) is 50.2 Å². The largest absolute Gasteiger partial charge is 0.421 e. The number of carbonyl (C=O) groups excluding carboxylic acids is 1. The second-order valence-corrected chi connectivity index (χ2v) is 8.24. The number of aromatic nitrogens is 3. The molecule has 0 aliphatic rings. The predicted molar refractivity (Wildman–Crippen MR) is 120 cm³/mol. The van der Waals surface area contributed by atoms with E-state index in [0.717, 1.165) is 11.1 Å². The van der Waals surface area contributed by atoms with Crippen LogP contribution in [0.25, 0.3) is 22.7 Å². The van der Waals surface area contributed by atoms with Gasteiger partial charge in [0.05, 0.1) is 5.69 Å². The lowest BCUT2D eigenvalue weighted by Crippen LogP contribution is -2.45. The number of nitrogens with one attached hydrogen (secondary N) is 1. The van der Waals surface area contributed by atoms with Gasteiger partial charge in [0.1, 0.15) is 5.69 Å². The SMILES string of the molecule is CC(C)(Cc1nnc(-c2ccccc2)o1)NC(=O)c1cccc(-c2cccc(Cl)c2)n1. The van der Waals surface area contributed by atoms with Crippen LogP contribution >= 0.6 is 11.6 Å². The Balaban J connectivity index is 1.47. The molecular weight excluding hydrogens is 412 g/mol. The highest BCUT2D eigenvalue weighted by molar-refractivity contribution is 6.30. The second kappa shape index (κ2) is 8.70. The predicted octanol–water partition coefficient (Wildman–Crippen LogP) is 5.20. The highest BCUT2D eigenvalue weighted by Gasteiger charge is 2.25. The number of benzene rings is 2. The Bertz CT molecular complexity index is 1200.